The van der Waals surface area contributed by atoms with Crippen LogP contribution < -0.4 is 9.46 Å². The van der Waals surface area contributed by atoms with Gasteiger partial charge in [-0.2, -0.15) is 13.2 Å². The Morgan fingerprint density at radius 1 is 0.962 bits per heavy atom. The van der Waals surface area contributed by atoms with E-state index in [9.17, 15) is 21.6 Å². The van der Waals surface area contributed by atoms with Crippen LogP contribution >= 0.6 is 0 Å². The van der Waals surface area contributed by atoms with Gasteiger partial charge >= 0.3 is 6.18 Å². The van der Waals surface area contributed by atoms with Crippen LogP contribution in [-0.2, 0) is 16.2 Å². The van der Waals surface area contributed by atoms with Gasteiger partial charge in [-0.25, -0.2) is 8.42 Å². The molecule has 0 heterocycles. The lowest BCUT2D eigenvalue weighted by Gasteiger charge is -2.18. The van der Waals surface area contributed by atoms with E-state index in [-0.39, 0.29) is 16.3 Å². The molecule has 0 aromatic heterocycles. The molecule has 0 aliphatic carbocycles. The summed E-state index contributed by atoms with van der Waals surface area (Å²) in [7, 11) is -2.94. The summed E-state index contributed by atoms with van der Waals surface area (Å²) in [6.45, 7) is 6.92. The summed E-state index contributed by atoms with van der Waals surface area (Å²) in [5.74, 6) is -0.376. The van der Waals surface area contributed by atoms with Crippen molar-refractivity contribution in [3.63, 3.8) is 0 Å². The Bertz CT molecular complexity index is 925. The van der Waals surface area contributed by atoms with Gasteiger partial charge in [-0.15, -0.1) is 0 Å². The molecule has 2 rings (SSSR count). The van der Waals surface area contributed by atoms with Crippen LogP contribution in [0.4, 0.5) is 18.9 Å². The maximum absolute atomic E-state index is 13.1. The minimum Gasteiger partial charge on any atom is -0.496 e. The van der Waals surface area contributed by atoms with Crippen molar-refractivity contribution in [1.82, 2.24) is 0 Å². The highest BCUT2D eigenvalue weighted by Crippen LogP contribution is 2.38. The van der Waals surface area contributed by atoms with E-state index in [0.717, 1.165) is 30.4 Å². The van der Waals surface area contributed by atoms with Gasteiger partial charge in [-0.05, 0) is 68.1 Å². The predicted molar refractivity (Wildman–Crippen MR) is 94.2 cm³/mol. The van der Waals surface area contributed by atoms with E-state index in [2.05, 4.69) is 4.72 Å². The third kappa shape index (κ3) is 3.80. The van der Waals surface area contributed by atoms with Gasteiger partial charge in [0.1, 0.15) is 5.75 Å². The summed E-state index contributed by atoms with van der Waals surface area (Å²) in [6, 6.07) is 4.92. The molecule has 2 aromatic carbocycles. The largest absolute Gasteiger partial charge is 0.496 e. The molecule has 8 heteroatoms. The summed E-state index contributed by atoms with van der Waals surface area (Å²) in [5, 5.41) is 0. The van der Waals surface area contributed by atoms with Crippen molar-refractivity contribution in [2.24, 2.45) is 0 Å². The lowest BCUT2D eigenvalue weighted by Crippen LogP contribution is -2.18. The third-order valence-corrected chi connectivity index (χ3v) is 5.98. The zero-order valence-corrected chi connectivity index (χ0v) is 15.9. The topological polar surface area (TPSA) is 55.4 Å². The first-order chi connectivity index (χ1) is 11.9. The molecular weight excluding hydrogens is 367 g/mol. The van der Waals surface area contributed by atoms with Crippen LogP contribution in [0.1, 0.15) is 27.8 Å². The quantitative estimate of drug-likeness (QED) is 0.824. The molecule has 0 radical (unpaired) electrons. The Morgan fingerprint density at radius 3 is 1.96 bits per heavy atom. The molecule has 0 saturated heterocycles. The molecule has 0 fully saturated rings. The average Bonchev–Trinajstić information content (AvgIpc) is 2.51. The molecule has 142 valence electrons. The first-order valence-corrected chi connectivity index (χ1v) is 9.22. The van der Waals surface area contributed by atoms with Crippen molar-refractivity contribution in [1.29, 1.82) is 0 Å². The summed E-state index contributed by atoms with van der Waals surface area (Å²) in [5.41, 5.74) is 1.47. The Morgan fingerprint density at radius 2 is 1.50 bits per heavy atom. The number of hydrogen-bond donors (Lipinski definition) is 1. The maximum atomic E-state index is 13.1. The van der Waals surface area contributed by atoms with Crippen LogP contribution in [0.3, 0.4) is 0 Å². The van der Waals surface area contributed by atoms with Crippen LogP contribution in [0.25, 0.3) is 0 Å². The standard InChI is InChI=1S/C18H20F3NO3S/c1-10-8-11(2)13(4)17(12(10)3)26(23,24)22-14-6-7-16(25-5)15(9-14)18(19,20)21/h6-9,22H,1-5H3. The van der Waals surface area contributed by atoms with Gasteiger partial charge in [0.05, 0.1) is 17.6 Å². The van der Waals surface area contributed by atoms with Crippen LogP contribution in [0, 0.1) is 27.7 Å². The summed E-state index contributed by atoms with van der Waals surface area (Å²) in [6.07, 6.45) is -4.67. The van der Waals surface area contributed by atoms with Crippen molar-refractivity contribution in [2.75, 3.05) is 11.8 Å². The number of aryl methyl sites for hydroxylation is 2. The summed E-state index contributed by atoms with van der Waals surface area (Å²) in [4.78, 5) is 0.0828. The minimum atomic E-state index is -4.67. The van der Waals surface area contributed by atoms with E-state index in [4.69, 9.17) is 4.74 Å². The first-order valence-electron chi connectivity index (χ1n) is 7.74. The zero-order valence-electron chi connectivity index (χ0n) is 15.1. The molecule has 0 bridgehead atoms. The summed E-state index contributed by atoms with van der Waals surface area (Å²) >= 11 is 0. The monoisotopic (exact) mass is 387 g/mol. The van der Waals surface area contributed by atoms with Crippen LogP contribution in [-0.4, -0.2) is 15.5 Å². The Labute approximate surface area is 151 Å². The number of nitrogens with one attached hydrogen (secondary N) is 1. The maximum Gasteiger partial charge on any atom is 0.420 e. The van der Waals surface area contributed by atoms with Crippen LogP contribution in [0.2, 0.25) is 0 Å². The number of sulfonamides is 1. The van der Waals surface area contributed by atoms with Gasteiger partial charge in [-0.1, -0.05) is 6.07 Å². The fourth-order valence-electron chi connectivity index (χ4n) is 2.78. The minimum absolute atomic E-state index is 0.0828. The molecule has 26 heavy (non-hydrogen) atoms. The van der Waals surface area contributed by atoms with E-state index in [1.54, 1.807) is 27.7 Å². The second kappa shape index (κ2) is 6.83. The average molecular weight is 387 g/mol. The molecule has 0 aliphatic heterocycles. The number of hydrogen-bond acceptors (Lipinski definition) is 3. The van der Waals surface area contributed by atoms with Crippen molar-refractivity contribution in [3.8, 4) is 5.75 Å². The van der Waals surface area contributed by atoms with E-state index >= 15 is 0 Å². The normalized spacial score (nSPS) is 12.2. The molecule has 0 aliphatic rings. The van der Waals surface area contributed by atoms with Crippen LogP contribution in [0.5, 0.6) is 5.75 Å². The predicted octanol–water partition coefficient (Wildman–Crippen LogP) is 4.75. The molecule has 1 N–H and O–H groups in total. The molecule has 0 spiro atoms. The van der Waals surface area contributed by atoms with Crippen molar-refractivity contribution >= 4 is 15.7 Å². The number of rotatable bonds is 4. The van der Waals surface area contributed by atoms with Crippen LogP contribution in [0.15, 0.2) is 29.2 Å². The second-order valence-corrected chi connectivity index (χ2v) is 7.73. The molecular formula is C18H20F3NO3S. The van der Waals surface area contributed by atoms with Gasteiger partial charge in [0, 0.05) is 5.69 Å². The lowest BCUT2D eigenvalue weighted by atomic mass is 10.0. The zero-order chi connectivity index (χ0) is 19.9. The Kier molecular flexibility index (Phi) is 5.28. The van der Waals surface area contributed by atoms with Gasteiger partial charge in [0.2, 0.25) is 0 Å². The molecule has 0 saturated carbocycles. The first kappa shape index (κ1) is 20.1. The smallest absolute Gasteiger partial charge is 0.420 e. The molecule has 0 amide bonds. The van der Waals surface area contributed by atoms with Crippen molar-refractivity contribution in [2.45, 2.75) is 38.8 Å². The molecule has 4 nitrogen and oxygen atoms in total. The number of ether oxygens (including phenoxy) is 1. The Hall–Kier alpha value is -2.22. The molecule has 0 unspecified atom stereocenters. The van der Waals surface area contributed by atoms with E-state index in [0.29, 0.717) is 11.1 Å². The summed E-state index contributed by atoms with van der Waals surface area (Å²) < 4.78 is 72.1. The number of alkyl halides is 3. The van der Waals surface area contributed by atoms with Gasteiger partial charge < -0.3 is 4.74 Å². The number of benzene rings is 2. The highest BCUT2D eigenvalue weighted by molar-refractivity contribution is 7.92. The third-order valence-electron chi connectivity index (χ3n) is 4.32. The van der Waals surface area contributed by atoms with E-state index in [1.165, 1.54) is 6.07 Å². The van der Waals surface area contributed by atoms with Crippen molar-refractivity contribution < 1.29 is 26.3 Å². The van der Waals surface area contributed by atoms with E-state index < -0.39 is 21.8 Å². The fourth-order valence-corrected chi connectivity index (χ4v) is 4.45. The SMILES string of the molecule is COc1ccc(NS(=O)(=O)c2c(C)c(C)cc(C)c2C)cc1C(F)(F)F. The molecule has 2 aromatic rings. The highest BCUT2D eigenvalue weighted by atomic mass is 32.2. The number of halogens is 3. The van der Waals surface area contributed by atoms with Crippen molar-refractivity contribution in [3.05, 3.63) is 52.1 Å². The van der Waals surface area contributed by atoms with Gasteiger partial charge in [-0.3, -0.25) is 4.72 Å². The number of methoxy groups -OCH3 is 1. The van der Waals surface area contributed by atoms with Gasteiger partial charge in [0.25, 0.3) is 10.0 Å². The number of anilines is 1. The lowest BCUT2D eigenvalue weighted by molar-refractivity contribution is -0.138. The molecule has 0 atom stereocenters. The second-order valence-electron chi connectivity index (χ2n) is 6.11. The Balaban J connectivity index is 2.56. The fraction of sp³-hybridized carbons (Fsp3) is 0.333. The van der Waals surface area contributed by atoms with E-state index in [1.807, 2.05) is 6.07 Å². The van der Waals surface area contributed by atoms with Gasteiger partial charge in [0.15, 0.2) is 0 Å². The highest BCUT2D eigenvalue weighted by Gasteiger charge is 2.35.